The Bertz CT molecular complexity index is 123. The molecule has 1 atom stereocenters. The predicted octanol–water partition coefficient (Wildman–Crippen LogP) is 1.82. The molecule has 0 radical (unpaired) electrons. The van der Waals surface area contributed by atoms with Crippen molar-refractivity contribution in [1.82, 2.24) is 0 Å². The van der Waals surface area contributed by atoms with Crippen molar-refractivity contribution in [3.05, 3.63) is 12.7 Å². The van der Waals surface area contributed by atoms with Gasteiger partial charge < -0.3 is 9.94 Å². The SMILES string of the molecule is C=CCC(CC/C=N/O)OC. The van der Waals surface area contributed by atoms with Crippen LogP contribution in [0.5, 0.6) is 0 Å². The third-order valence-corrected chi connectivity index (χ3v) is 1.46. The quantitative estimate of drug-likeness (QED) is 0.276. The van der Waals surface area contributed by atoms with Gasteiger partial charge in [-0.05, 0) is 19.3 Å². The van der Waals surface area contributed by atoms with Gasteiger partial charge in [0, 0.05) is 13.3 Å². The fraction of sp³-hybridized carbons (Fsp3) is 0.625. The highest BCUT2D eigenvalue weighted by Gasteiger charge is 2.02. The molecule has 0 aromatic heterocycles. The predicted molar refractivity (Wildman–Crippen MR) is 45.1 cm³/mol. The highest BCUT2D eigenvalue weighted by molar-refractivity contribution is 5.55. The summed E-state index contributed by atoms with van der Waals surface area (Å²) in [5, 5.41) is 11.0. The van der Waals surface area contributed by atoms with Crippen molar-refractivity contribution < 1.29 is 9.94 Å². The van der Waals surface area contributed by atoms with Gasteiger partial charge in [-0.1, -0.05) is 6.08 Å². The Kier molecular flexibility index (Phi) is 6.73. The topological polar surface area (TPSA) is 41.8 Å². The molecule has 0 saturated carbocycles. The Morgan fingerprint density at radius 1 is 1.73 bits per heavy atom. The van der Waals surface area contributed by atoms with Crippen LogP contribution in [0.2, 0.25) is 0 Å². The molecule has 0 rings (SSSR count). The van der Waals surface area contributed by atoms with Gasteiger partial charge in [-0.3, -0.25) is 0 Å². The van der Waals surface area contributed by atoms with Crippen LogP contribution in [0.3, 0.4) is 0 Å². The van der Waals surface area contributed by atoms with E-state index in [9.17, 15) is 0 Å². The van der Waals surface area contributed by atoms with Gasteiger partial charge in [0.15, 0.2) is 0 Å². The van der Waals surface area contributed by atoms with Gasteiger partial charge in [0.2, 0.25) is 0 Å². The average molecular weight is 157 g/mol. The molecule has 0 spiro atoms. The van der Waals surface area contributed by atoms with Gasteiger partial charge in [0.1, 0.15) is 0 Å². The number of nitrogens with zero attached hydrogens (tertiary/aromatic N) is 1. The molecule has 1 N–H and O–H groups in total. The highest BCUT2D eigenvalue weighted by atomic mass is 16.5. The van der Waals surface area contributed by atoms with Gasteiger partial charge in [-0.25, -0.2) is 0 Å². The van der Waals surface area contributed by atoms with Crippen molar-refractivity contribution in [3.63, 3.8) is 0 Å². The normalized spacial score (nSPS) is 13.5. The van der Waals surface area contributed by atoms with Gasteiger partial charge >= 0.3 is 0 Å². The van der Waals surface area contributed by atoms with Crippen molar-refractivity contribution >= 4 is 6.21 Å². The van der Waals surface area contributed by atoms with E-state index in [4.69, 9.17) is 9.94 Å². The Labute approximate surface area is 67.4 Å². The van der Waals surface area contributed by atoms with E-state index in [0.29, 0.717) is 0 Å². The van der Waals surface area contributed by atoms with Gasteiger partial charge in [0.05, 0.1) is 6.10 Å². The van der Waals surface area contributed by atoms with Crippen molar-refractivity contribution in [1.29, 1.82) is 0 Å². The van der Waals surface area contributed by atoms with E-state index in [-0.39, 0.29) is 6.10 Å². The van der Waals surface area contributed by atoms with E-state index >= 15 is 0 Å². The van der Waals surface area contributed by atoms with Crippen molar-refractivity contribution in [2.75, 3.05) is 7.11 Å². The molecule has 0 bridgehead atoms. The van der Waals surface area contributed by atoms with Gasteiger partial charge in [0.25, 0.3) is 0 Å². The molecule has 0 aliphatic rings. The van der Waals surface area contributed by atoms with E-state index in [1.54, 1.807) is 7.11 Å². The monoisotopic (exact) mass is 157 g/mol. The molecule has 0 heterocycles. The van der Waals surface area contributed by atoms with Crippen LogP contribution in [-0.2, 0) is 4.74 Å². The third kappa shape index (κ3) is 5.61. The number of hydrogen-bond acceptors (Lipinski definition) is 3. The molecule has 3 nitrogen and oxygen atoms in total. The average Bonchev–Trinajstić information content (AvgIpc) is 2.03. The smallest absolute Gasteiger partial charge is 0.0609 e. The van der Waals surface area contributed by atoms with Crippen LogP contribution in [0.1, 0.15) is 19.3 Å². The van der Waals surface area contributed by atoms with E-state index in [1.807, 2.05) is 6.08 Å². The summed E-state index contributed by atoms with van der Waals surface area (Å²) in [5.74, 6) is 0. The molecule has 0 amide bonds. The minimum atomic E-state index is 0.200. The maximum Gasteiger partial charge on any atom is 0.0609 e. The minimum absolute atomic E-state index is 0.200. The zero-order valence-corrected chi connectivity index (χ0v) is 6.86. The van der Waals surface area contributed by atoms with E-state index in [1.165, 1.54) is 6.21 Å². The molecule has 0 fully saturated rings. The zero-order chi connectivity index (χ0) is 8.53. The van der Waals surface area contributed by atoms with Crippen LogP contribution < -0.4 is 0 Å². The Hall–Kier alpha value is -0.830. The Morgan fingerprint density at radius 3 is 2.91 bits per heavy atom. The van der Waals surface area contributed by atoms with Crippen LogP contribution in [0.4, 0.5) is 0 Å². The first-order valence-corrected chi connectivity index (χ1v) is 3.64. The molecule has 0 aromatic carbocycles. The summed E-state index contributed by atoms with van der Waals surface area (Å²) in [7, 11) is 1.67. The molecule has 3 heteroatoms. The van der Waals surface area contributed by atoms with Crippen LogP contribution >= 0.6 is 0 Å². The maximum absolute atomic E-state index is 8.09. The molecule has 0 aliphatic carbocycles. The third-order valence-electron chi connectivity index (χ3n) is 1.46. The Morgan fingerprint density at radius 2 is 2.45 bits per heavy atom. The molecule has 0 aliphatic heterocycles. The fourth-order valence-electron chi connectivity index (χ4n) is 0.836. The van der Waals surface area contributed by atoms with Crippen LogP contribution in [0.15, 0.2) is 17.8 Å². The number of oxime groups is 1. The fourth-order valence-corrected chi connectivity index (χ4v) is 0.836. The zero-order valence-electron chi connectivity index (χ0n) is 6.86. The van der Waals surface area contributed by atoms with E-state index in [0.717, 1.165) is 19.3 Å². The lowest BCUT2D eigenvalue weighted by Crippen LogP contribution is -2.08. The molecule has 1 unspecified atom stereocenters. The molecule has 0 saturated heterocycles. The van der Waals surface area contributed by atoms with E-state index < -0.39 is 0 Å². The maximum atomic E-state index is 8.09. The summed E-state index contributed by atoms with van der Waals surface area (Å²) in [6.45, 7) is 3.61. The van der Waals surface area contributed by atoms with Gasteiger partial charge in [-0.15, -0.1) is 11.7 Å². The number of methoxy groups -OCH3 is 1. The first-order valence-electron chi connectivity index (χ1n) is 3.64. The van der Waals surface area contributed by atoms with Crippen LogP contribution in [0.25, 0.3) is 0 Å². The van der Waals surface area contributed by atoms with Crippen molar-refractivity contribution in [2.45, 2.75) is 25.4 Å². The molecular weight excluding hydrogens is 142 g/mol. The summed E-state index contributed by atoms with van der Waals surface area (Å²) in [6.07, 6.45) is 5.94. The summed E-state index contributed by atoms with van der Waals surface area (Å²) < 4.78 is 5.12. The van der Waals surface area contributed by atoms with Crippen molar-refractivity contribution in [2.24, 2.45) is 5.16 Å². The minimum Gasteiger partial charge on any atom is -0.411 e. The first-order chi connectivity index (χ1) is 5.35. The summed E-state index contributed by atoms with van der Waals surface area (Å²) in [4.78, 5) is 0. The lowest BCUT2D eigenvalue weighted by Gasteiger charge is -2.10. The van der Waals surface area contributed by atoms with E-state index in [2.05, 4.69) is 11.7 Å². The summed E-state index contributed by atoms with van der Waals surface area (Å²) in [5.41, 5.74) is 0. The standard InChI is InChI=1S/C8H15NO2/c1-3-5-8(11-2)6-4-7-9-10/h3,7-8,10H,1,4-6H2,2H3/b9-7+. The molecular formula is C8H15NO2. The number of ether oxygens (including phenoxy) is 1. The second kappa shape index (κ2) is 7.28. The second-order valence-electron chi connectivity index (χ2n) is 2.26. The first kappa shape index (κ1) is 10.2. The highest BCUT2D eigenvalue weighted by Crippen LogP contribution is 2.04. The molecule has 0 aromatic rings. The molecule has 11 heavy (non-hydrogen) atoms. The number of rotatable bonds is 6. The van der Waals surface area contributed by atoms with Crippen LogP contribution in [-0.4, -0.2) is 24.6 Å². The van der Waals surface area contributed by atoms with Gasteiger partial charge in [-0.2, -0.15) is 0 Å². The lowest BCUT2D eigenvalue weighted by atomic mass is 10.1. The lowest BCUT2D eigenvalue weighted by molar-refractivity contribution is 0.0997. The molecule has 64 valence electrons. The summed E-state index contributed by atoms with van der Waals surface area (Å²) >= 11 is 0. The largest absolute Gasteiger partial charge is 0.411 e. The second-order valence-corrected chi connectivity index (χ2v) is 2.26. The van der Waals surface area contributed by atoms with Crippen molar-refractivity contribution in [3.8, 4) is 0 Å². The number of hydrogen-bond donors (Lipinski definition) is 1. The Balaban J connectivity index is 3.42. The van der Waals surface area contributed by atoms with Crippen LogP contribution in [0, 0.1) is 0 Å². The summed E-state index contributed by atoms with van der Waals surface area (Å²) in [6, 6.07) is 0.